The Kier molecular flexibility index (Phi) is 8.07. The van der Waals surface area contributed by atoms with Crippen LogP contribution in [-0.2, 0) is 22.6 Å². The molecule has 2 aromatic heterocycles. The topological polar surface area (TPSA) is 81.9 Å². The summed E-state index contributed by atoms with van der Waals surface area (Å²) in [4.78, 5) is 30.0. The third kappa shape index (κ3) is 6.30. The van der Waals surface area contributed by atoms with Gasteiger partial charge in [0.2, 0.25) is 0 Å². The predicted molar refractivity (Wildman–Crippen MR) is 150 cm³/mol. The largest absolute Gasteiger partial charge is 0.489 e. The zero-order valence-electron chi connectivity index (χ0n) is 21.5. The Morgan fingerprint density at radius 2 is 1.75 bits per heavy atom. The lowest BCUT2D eigenvalue weighted by Gasteiger charge is -2.16. The Hall–Kier alpha value is -4.69. The Bertz CT molecular complexity index is 1650. The van der Waals surface area contributed by atoms with E-state index in [0.29, 0.717) is 22.0 Å². The van der Waals surface area contributed by atoms with E-state index < -0.39 is 17.9 Å². The Morgan fingerprint density at radius 3 is 2.48 bits per heavy atom. The van der Waals surface area contributed by atoms with Crippen molar-refractivity contribution in [2.24, 2.45) is 0 Å². The molecule has 0 saturated heterocycles. The number of esters is 1. The number of benzene rings is 3. The summed E-state index contributed by atoms with van der Waals surface area (Å²) in [5, 5.41) is 3.38. The maximum absolute atomic E-state index is 13.8. The summed E-state index contributed by atoms with van der Waals surface area (Å²) in [5.41, 5.74) is 3.87. The van der Waals surface area contributed by atoms with Crippen LogP contribution in [0.3, 0.4) is 0 Å². The van der Waals surface area contributed by atoms with E-state index in [1.165, 1.54) is 13.2 Å². The smallest absolute Gasteiger partial charge is 0.328 e. The van der Waals surface area contributed by atoms with Crippen molar-refractivity contribution < 1.29 is 23.5 Å². The van der Waals surface area contributed by atoms with Crippen LogP contribution in [0.5, 0.6) is 5.75 Å². The highest BCUT2D eigenvalue weighted by Crippen LogP contribution is 2.23. The highest BCUT2D eigenvalue weighted by atomic mass is 35.5. The van der Waals surface area contributed by atoms with Crippen LogP contribution in [0.25, 0.3) is 16.8 Å². The number of methoxy groups -OCH3 is 1. The highest BCUT2D eigenvalue weighted by Gasteiger charge is 2.24. The lowest BCUT2D eigenvalue weighted by Crippen LogP contribution is -2.43. The summed E-state index contributed by atoms with van der Waals surface area (Å²) in [6, 6.07) is 23.7. The van der Waals surface area contributed by atoms with Crippen LogP contribution in [0, 0.1) is 5.82 Å². The molecule has 3 aromatic carbocycles. The second-order valence-corrected chi connectivity index (χ2v) is 9.53. The molecule has 7 nitrogen and oxygen atoms in total. The summed E-state index contributed by atoms with van der Waals surface area (Å²) in [7, 11) is 1.27. The molecule has 2 heterocycles. The van der Waals surface area contributed by atoms with E-state index in [1.807, 2.05) is 42.6 Å². The van der Waals surface area contributed by atoms with E-state index in [2.05, 4.69) is 10.3 Å². The number of pyridine rings is 1. The highest BCUT2D eigenvalue weighted by molar-refractivity contribution is 6.30. The standard InChI is InChI=1S/C31H25ClFN3O4/c1-39-31(38)27(16-20-6-12-25(13-7-20)40-19-23-4-2-3-5-26(23)33)35-30(37)28-18-36-15-14-22(17-29(36)34-28)21-8-10-24(32)11-9-21/h2-15,17-18,27H,16,19H2,1H3,(H,35,37)/t27-/m0/s1. The molecule has 1 N–H and O–H groups in total. The minimum Gasteiger partial charge on any atom is -0.489 e. The van der Waals surface area contributed by atoms with Gasteiger partial charge in [-0.15, -0.1) is 0 Å². The number of imidazole rings is 1. The second-order valence-electron chi connectivity index (χ2n) is 9.09. The number of rotatable bonds is 9. The molecule has 5 aromatic rings. The van der Waals surface area contributed by atoms with Crippen molar-refractivity contribution in [2.45, 2.75) is 19.1 Å². The molecule has 0 aliphatic rings. The lowest BCUT2D eigenvalue weighted by molar-refractivity contribution is -0.142. The van der Waals surface area contributed by atoms with Crippen molar-refractivity contribution in [1.82, 2.24) is 14.7 Å². The van der Waals surface area contributed by atoms with Crippen molar-refractivity contribution in [3.63, 3.8) is 0 Å². The monoisotopic (exact) mass is 557 g/mol. The molecular weight excluding hydrogens is 533 g/mol. The number of aromatic nitrogens is 2. The molecule has 0 spiro atoms. The average molecular weight is 558 g/mol. The number of nitrogens with zero attached hydrogens (tertiary/aromatic N) is 2. The number of carbonyl (C=O) groups excluding carboxylic acids is 2. The molecule has 0 aliphatic heterocycles. The van der Waals surface area contributed by atoms with E-state index in [-0.39, 0.29) is 24.5 Å². The van der Waals surface area contributed by atoms with Crippen LogP contribution >= 0.6 is 11.6 Å². The van der Waals surface area contributed by atoms with E-state index in [4.69, 9.17) is 21.1 Å². The van der Waals surface area contributed by atoms with Gasteiger partial charge in [0.1, 0.15) is 35.6 Å². The Labute approximate surface area is 235 Å². The summed E-state index contributed by atoms with van der Waals surface area (Å²) in [6.45, 7) is 0.0903. The first-order valence-corrected chi connectivity index (χ1v) is 12.9. The fourth-order valence-electron chi connectivity index (χ4n) is 4.21. The van der Waals surface area contributed by atoms with Gasteiger partial charge in [0.25, 0.3) is 5.91 Å². The van der Waals surface area contributed by atoms with Gasteiger partial charge in [0.15, 0.2) is 0 Å². The van der Waals surface area contributed by atoms with Gasteiger partial charge in [-0.05, 0) is 59.2 Å². The number of hydrogen-bond donors (Lipinski definition) is 1. The van der Waals surface area contributed by atoms with Crippen molar-refractivity contribution >= 4 is 29.1 Å². The number of fused-ring (bicyclic) bond motifs is 1. The summed E-state index contributed by atoms with van der Waals surface area (Å²) in [5.74, 6) is -0.865. The molecule has 5 rings (SSSR count). The van der Waals surface area contributed by atoms with Crippen molar-refractivity contribution in [3.05, 3.63) is 125 Å². The first-order chi connectivity index (χ1) is 19.4. The van der Waals surface area contributed by atoms with Gasteiger partial charge in [0, 0.05) is 29.4 Å². The van der Waals surface area contributed by atoms with Gasteiger partial charge in [-0.3, -0.25) is 4.79 Å². The molecule has 0 bridgehead atoms. The zero-order chi connectivity index (χ0) is 28.1. The van der Waals surface area contributed by atoms with Crippen LogP contribution in [0.4, 0.5) is 4.39 Å². The van der Waals surface area contributed by atoms with Crippen LogP contribution in [0.2, 0.25) is 5.02 Å². The van der Waals surface area contributed by atoms with Crippen molar-refractivity contribution in [2.75, 3.05) is 7.11 Å². The number of carbonyl (C=O) groups is 2. The summed E-state index contributed by atoms with van der Waals surface area (Å²) >= 11 is 5.99. The third-order valence-corrected chi connectivity index (χ3v) is 6.63. The van der Waals surface area contributed by atoms with Crippen LogP contribution in [-0.4, -0.2) is 34.4 Å². The van der Waals surface area contributed by atoms with Crippen molar-refractivity contribution in [1.29, 1.82) is 0 Å². The number of hydrogen-bond acceptors (Lipinski definition) is 5. The maximum Gasteiger partial charge on any atom is 0.328 e. The second kappa shape index (κ2) is 12.0. The van der Waals surface area contributed by atoms with Gasteiger partial charge < -0.3 is 19.2 Å². The SMILES string of the molecule is COC(=O)[C@H](Cc1ccc(OCc2ccccc2F)cc1)NC(=O)c1cn2ccc(-c3ccc(Cl)cc3)cc2n1. The van der Waals surface area contributed by atoms with E-state index in [0.717, 1.165) is 16.7 Å². The minimum absolute atomic E-state index is 0.0903. The van der Waals surface area contributed by atoms with Crippen LogP contribution in [0.15, 0.2) is 97.3 Å². The first-order valence-electron chi connectivity index (χ1n) is 12.5. The molecule has 1 atom stereocenters. The lowest BCUT2D eigenvalue weighted by atomic mass is 10.1. The molecule has 0 saturated carbocycles. The fraction of sp³-hybridized carbons (Fsp3) is 0.129. The number of ether oxygens (including phenoxy) is 2. The number of halogens is 2. The van der Waals surface area contributed by atoms with Gasteiger partial charge in [-0.25, -0.2) is 14.2 Å². The molecule has 1 amide bonds. The Morgan fingerprint density at radius 1 is 1.00 bits per heavy atom. The first kappa shape index (κ1) is 26.9. The molecule has 0 aliphatic carbocycles. The van der Waals surface area contributed by atoms with Crippen LogP contribution < -0.4 is 10.1 Å². The predicted octanol–water partition coefficient (Wildman–Crippen LogP) is 5.89. The van der Waals surface area contributed by atoms with Gasteiger partial charge in [-0.1, -0.05) is 54.1 Å². The van der Waals surface area contributed by atoms with Crippen LogP contribution in [0.1, 0.15) is 21.6 Å². The van der Waals surface area contributed by atoms with Crippen molar-refractivity contribution in [3.8, 4) is 16.9 Å². The summed E-state index contributed by atoms with van der Waals surface area (Å²) in [6.07, 6.45) is 3.61. The van der Waals surface area contributed by atoms with Gasteiger partial charge in [0.05, 0.1) is 7.11 Å². The Balaban J connectivity index is 1.26. The molecule has 0 fully saturated rings. The zero-order valence-corrected chi connectivity index (χ0v) is 22.3. The van der Waals surface area contributed by atoms with E-state index >= 15 is 0 Å². The molecule has 202 valence electrons. The number of amides is 1. The molecule has 0 radical (unpaired) electrons. The summed E-state index contributed by atoms with van der Waals surface area (Å²) < 4.78 is 26.2. The molecular formula is C31H25ClFN3O4. The average Bonchev–Trinajstić information content (AvgIpc) is 3.41. The molecule has 0 unspecified atom stereocenters. The minimum atomic E-state index is -0.933. The maximum atomic E-state index is 13.8. The molecule has 40 heavy (non-hydrogen) atoms. The van der Waals surface area contributed by atoms with Gasteiger partial charge in [-0.2, -0.15) is 0 Å². The van der Waals surface area contributed by atoms with E-state index in [1.54, 1.807) is 53.1 Å². The number of nitrogens with one attached hydrogen (secondary N) is 1. The normalized spacial score (nSPS) is 11.7. The quantitative estimate of drug-likeness (QED) is 0.229. The fourth-order valence-corrected chi connectivity index (χ4v) is 4.34. The van der Waals surface area contributed by atoms with Gasteiger partial charge >= 0.3 is 5.97 Å². The molecule has 9 heteroatoms. The van der Waals surface area contributed by atoms with E-state index in [9.17, 15) is 14.0 Å². The third-order valence-electron chi connectivity index (χ3n) is 6.38.